The van der Waals surface area contributed by atoms with Gasteiger partial charge in [0, 0.05) is 29.6 Å². The maximum Gasteiger partial charge on any atom is 0.410 e. The number of carbonyl (C=O) groups excluding carboxylic acids is 1. The molecule has 2 unspecified atom stereocenters. The van der Waals surface area contributed by atoms with Crippen LogP contribution < -0.4 is 4.74 Å². The molecular weight excluding hydrogens is 350 g/mol. The van der Waals surface area contributed by atoms with Gasteiger partial charge in [-0.15, -0.1) is 0 Å². The second kappa shape index (κ2) is 6.71. The molecule has 0 radical (unpaired) electrons. The molecule has 1 aromatic rings. The molecule has 0 bridgehead atoms. The molecule has 1 amide bonds. The van der Waals surface area contributed by atoms with Crippen molar-refractivity contribution in [3.8, 4) is 5.75 Å². The summed E-state index contributed by atoms with van der Waals surface area (Å²) in [5, 5.41) is 19.0. The first kappa shape index (κ1) is 19.5. The number of ether oxygens (including phenoxy) is 2. The van der Waals surface area contributed by atoms with E-state index in [1.807, 2.05) is 20.8 Å². The third-order valence-corrected chi connectivity index (χ3v) is 5.58. The van der Waals surface area contributed by atoms with Crippen molar-refractivity contribution in [2.24, 2.45) is 5.92 Å². The van der Waals surface area contributed by atoms with Crippen LogP contribution in [-0.4, -0.2) is 52.5 Å². The average Bonchev–Trinajstić information content (AvgIpc) is 2.94. The maximum atomic E-state index is 12.4. The van der Waals surface area contributed by atoms with Crippen molar-refractivity contribution in [2.75, 3.05) is 19.7 Å². The van der Waals surface area contributed by atoms with Crippen molar-refractivity contribution in [3.63, 3.8) is 0 Å². The molecule has 1 aromatic carbocycles. The van der Waals surface area contributed by atoms with Gasteiger partial charge in [0.1, 0.15) is 11.4 Å². The summed E-state index contributed by atoms with van der Waals surface area (Å²) in [7, 11) is 0. The van der Waals surface area contributed by atoms with Crippen LogP contribution in [0.25, 0.3) is 0 Å². The molecule has 0 aromatic heterocycles. The van der Waals surface area contributed by atoms with Crippen molar-refractivity contribution < 1.29 is 29.3 Å². The summed E-state index contributed by atoms with van der Waals surface area (Å²) in [6.45, 7) is 8.70. The van der Waals surface area contributed by atoms with Crippen LogP contribution in [0.1, 0.15) is 55.6 Å². The van der Waals surface area contributed by atoms with Gasteiger partial charge in [0.05, 0.1) is 18.8 Å². The third-order valence-electron chi connectivity index (χ3n) is 5.58. The third kappa shape index (κ3) is 3.36. The highest BCUT2D eigenvalue weighted by Gasteiger charge is 2.49. The maximum absolute atomic E-state index is 12.4. The molecule has 3 rings (SSSR count). The van der Waals surface area contributed by atoms with Crippen molar-refractivity contribution in [1.29, 1.82) is 0 Å². The number of carbonyl (C=O) groups is 2. The van der Waals surface area contributed by atoms with Crippen LogP contribution in [0, 0.1) is 5.92 Å². The first-order valence-corrected chi connectivity index (χ1v) is 9.20. The Morgan fingerprint density at radius 1 is 1.37 bits per heavy atom. The predicted molar refractivity (Wildman–Crippen MR) is 98.1 cm³/mol. The number of aliphatic hydroxyl groups excluding tert-OH is 1. The Balaban J connectivity index is 1.87. The van der Waals surface area contributed by atoms with Crippen LogP contribution in [0.5, 0.6) is 5.75 Å². The van der Waals surface area contributed by atoms with E-state index in [9.17, 15) is 19.8 Å². The second-order valence-corrected chi connectivity index (χ2v) is 8.45. The minimum atomic E-state index is -1.08. The van der Waals surface area contributed by atoms with Crippen molar-refractivity contribution in [2.45, 2.75) is 51.7 Å². The summed E-state index contributed by atoms with van der Waals surface area (Å²) in [4.78, 5) is 25.5. The van der Waals surface area contributed by atoms with E-state index in [1.165, 1.54) is 6.07 Å². The molecule has 7 nitrogen and oxygen atoms in total. The highest BCUT2D eigenvalue weighted by atomic mass is 16.6. The fraction of sp³-hybridized carbons (Fsp3) is 0.600. The quantitative estimate of drug-likeness (QED) is 0.823. The number of likely N-dealkylation sites (tertiary alicyclic amines) is 1. The molecule has 1 fully saturated rings. The normalized spacial score (nSPS) is 24.5. The fourth-order valence-electron chi connectivity index (χ4n) is 4.11. The molecule has 2 heterocycles. The summed E-state index contributed by atoms with van der Waals surface area (Å²) < 4.78 is 11.4. The van der Waals surface area contributed by atoms with Crippen molar-refractivity contribution >= 4 is 12.1 Å². The number of rotatable bonds is 2. The van der Waals surface area contributed by atoms with Crippen molar-refractivity contribution in [3.05, 3.63) is 28.8 Å². The van der Waals surface area contributed by atoms with Gasteiger partial charge in [-0.25, -0.2) is 9.59 Å². The minimum Gasteiger partial charge on any atom is -0.492 e. The number of fused-ring (bicyclic) bond motifs is 2. The van der Waals surface area contributed by atoms with E-state index in [0.717, 1.165) is 5.56 Å². The van der Waals surface area contributed by atoms with E-state index in [1.54, 1.807) is 11.0 Å². The van der Waals surface area contributed by atoms with Gasteiger partial charge < -0.3 is 24.6 Å². The molecule has 0 saturated carbocycles. The van der Waals surface area contributed by atoms with E-state index < -0.39 is 11.6 Å². The van der Waals surface area contributed by atoms with Gasteiger partial charge in [0.15, 0.2) is 0 Å². The lowest BCUT2D eigenvalue weighted by atomic mass is 9.67. The molecule has 2 aliphatic heterocycles. The summed E-state index contributed by atoms with van der Waals surface area (Å²) in [5.41, 5.74) is 0.468. The molecule has 0 aliphatic carbocycles. The molecular formula is C20H27NO6. The summed E-state index contributed by atoms with van der Waals surface area (Å²) in [6, 6.07) is 3.33. The van der Waals surface area contributed by atoms with Gasteiger partial charge in [-0.3, -0.25) is 0 Å². The monoisotopic (exact) mass is 377 g/mol. The van der Waals surface area contributed by atoms with Crippen LogP contribution in [0.4, 0.5) is 4.79 Å². The number of amides is 1. The molecule has 2 aliphatic rings. The van der Waals surface area contributed by atoms with E-state index in [0.29, 0.717) is 37.4 Å². The lowest BCUT2D eigenvalue weighted by molar-refractivity contribution is 0.00544. The number of aliphatic hydroxyl groups is 1. The zero-order valence-electron chi connectivity index (χ0n) is 16.2. The van der Waals surface area contributed by atoms with Gasteiger partial charge in [-0.05, 0) is 39.2 Å². The van der Waals surface area contributed by atoms with Gasteiger partial charge in [0.25, 0.3) is 0 Å². The highest BCUT2D eigenvalue weighted by molar-refractivity contribution is 5.90. The first-order valence-electron chi connectivity index (χ1n) is 9.20. The molecule has 2 N–H and O–H groups in total. The summed E-state index contributed by atoms with van der Waals surface area (Å²) in [5.74, 6) is -0.503. The standard InChI is InChI=1S/C20H27NO6/c1-12-9-21(18(25)27-19(2,3)4)8-7-20(12)11-26-16-14(10-22)13(17(23)24)5-6-15(16)20/h5-6,12,22H,7-11H2,1-4H3,(H,23,24). The van der Waals surface area contributed by atoms with E-state index >= 15 is 0 Å². The molecule has 1 saturated heterocycles. The lowest BCUT2D eigenvalue weighted by Gasteiger charge is -2.43. The average molecular weight is 377 g/mol. The van der Waals surface area contributed by atoms with Gasteiger partial charge in [-0.2, -0.15) is 0 Å². The van der Waals surface area contributed by atoms with E-state index in [-0.39, 0.29) is 29.6 Å². The molecule has 148 valence electrons. The number of carboxylic acid groups (broad SMARTS) is 1. The van der Waals surface area contributed by atoms with Crippen molar-refractivity contribution in [1.82, 2.24) is 4.90 Å². The number of nitrogens with zero attached hydrogens (tertiary/aromatic N) is 1. The smallest absolute Gasteiger partial charge is 0.410 e. The number of aromatic carboxylic acids is 1. The van der Waals surface area contributed by atoms with Crippen LogP contribution in [-0.2, 0) is 16.8 Å². The fourth-order valence-corrected chi connectivity index (χ4v) is 4.11. The first-order chi connectivity index (χ1) is 12.6. The van der Waals surface area contributed by atoms with Crippen LogP contribution >= 0.6 is 0 Å². The Bertz CT molecular complexity index is 768. The largest absolute Gasteiger partial charge is 0.492 e. The topological polar surface area (TPSA) is 96.3 Å². The van der Waals surface area contributed by atoms with Gasteiger partial charge in [-0.1, -0.05) is 13.0 Å². The number of piperidine rings is 1. The summed E-state index contributed by atoms with van der Waals surface area (Å²) >= 11 is 0. The SMILES string of the molecule is CC1CN(C(=O)OC(C)(C)C)CCC12COc1c2ccc(C(=O)O)c1CO. The van der Waals surface area contributed by atoms with E-state index in [2.05, 4.69) is 6.92 Å². The molecule has 7 heteroatoms. The summed E-state index contributed by atoms with van der Waals surface area (Å²) in [6.07, 6.45) is 0.373. The number of hydrogen-bond acceptors (Lipinski definition) is 5. The van der Waals surface area contributed by atoms with E-state index in [4.69, 9.17) is 9.47 Å². The predicted octanol–water partition coefficient (Wildman–Crippen LogP) is 2.78. The Labute approximate surface area is 158 Å². The lowest BCUT2D eigenvalue weighted by Crippen LogP contribution is -2.52. The molecule has 27 heavy (non-hydrogen) atoms. The van der Waals surface area contributed by atoms with Crippen LogP contribution in [0.15, 0.2) is 12.1 Å². The Morgan fingerprint density at radius 3 is 2.63 bits per heavy atom. The number of benzene rings is 1. The minimum absolute atomic E-state index is 0.0622. The van der Waals surface area contributed by atoms with Crippen LogP contribution in [0.2, 0.25) is 0 Å². The molecule has 2 atom stereocenters. The second-order valence-electron chi connectivity index (χ2n) is 8.45. The zero-order valence-corrected chi connectivity index (χ0v) is 16.2. The van der Waals surface area contributed by atoms with Gasteiger partial charge in [0.2, 0.25) is 0 Å². The number of carboxylic acids is 1. The Morgan fingerprint density at radius 2 is 2.07 bits per heavy atom. The number of hydrogen-bond donors (Lipinski definition) is 2. The molecule has 1 spiro atoms. The highest BCUT2D eigenvalue weighted by Crippen LogP contribution is 2.50. The Kier molecular flexibility index (Phi) is 4.84. The zero-order chi connectivity index (χ0) is 20.0. The Hall–Kier alpha value is -2.28. The van der Waals surface area contributed by atoms with Crippen LogP contribution in [0.3, 0.4) is 0 Å². The van der Waals surface area contributed by atoms with Gasteiger partial charge >= 0.3 is 12.1 Å².